The molecule has 3 nitrogen and oxygen atoms in total. The molecule has 0 aliphatic heterocycles. The van der Waals surface area contributed by atoms with E-state index < -0.39 is 5.97 Å². The minimum atomic E-state index is -0.751. The fraction of sp³-hybridized carbons (Fsp3) is 0.357. The molecule has 2 N–H and O–H groups in total. The molecule has 1 heterocycles. The molecule has 0 spiro atoms. The number of fused-ring (bicyclic) bond motifs is 1. The maximum Gasteiger partial charge on any atom is 0.303 e. The Morgan fingerprint density at radius 2 is 2.24 bits per heavy atom. The number of aliphatic carboxylic acids is 1. The number of benzene rings is 1. The quantitative estimate of drug-likeness (QED) is 0.848. The van der Waals surface area contributed by atoms with Gasteiger partial charge in [0.25, 0.3) is 0 Å². The van der Waals surface area contributed by atoms with E-state index in [9.17, 15) is 4.79 Å². The molecule has 1 unspecified atom stereocenters. The van der Waals surface area contributed by atoms with Gasteiger partial charge in [0, 0.05) is 17.1 Å². The van der Waals surface area contributed by atoms with E-state index in [4.69, 9.17) is 5.11 Å². The lowest BCUT2D eigenvalue weighted by Gasteiger charge is -2.07. The third-order valence-electron chi connectivity index (χ3n) is 3.20. The maximum atomic E-state index is 10.8. The third kappa shape index (κ3) is 2.33. The molecular formula is C14H17NO2. The number of carbonyl (C=O) groups is 1. The van der Waals surface area contributed by atoms with Crippen molar-refractivity contribution in [3.8, 4) is 0 Å². The second-order valence-electron chi connectivity index (χ2n) is 4.48. The lowest BCUT2D eigenvalue weighted by molar-refractivity contribution is -0.137. The molecule has 0 aliphatic carbocycles. The summed E-state index contributed by atoms with van der Waals surface area (Å²) in [4.78, 5) is 14.0. The van der Waals surface area contributed by atoms with Crippen LogP contribution in [0.15, 0.2) is 24.4 Å². The number of carboxylic acid groups (broad SMARTS) is 1. The average molecular weight is 231 g/mol. The van der Waals surface area contributed by atoms with Crippen molar-refractivity contribution in [2.45, 2.75) is 32.6 Å². The van der Waals surface area contributed by atoms with Crippen molar-refractivity contribution in [2.75, 3.05) is 0 Å². The largest absolute Gasteiger partial charge is 0.481 e. The van der Waals surface area contributed by atoms with E-state index in [-0.39, 0.29) is 12.3 Å². The van der Waals surface area contributed by atoms with Gasteiger partial charge in [-0.3, -0.25) is 4.79 Å². The predicted molar refractivity (Wildman–Crippen MR) is 68.3 cm³/mol. The number of aryl methyl sites for hydroxylation is 1. The molecular weight excluding hydrogens is 214 g/mol. The molecule has 17 heavy (non-hydrogen) atoms. The van der Waals surface area contributed by atoms with Gasteiger partial charge >= 0.3 is 5.97 Å². The molecule has 0 saturated carbocycles. The normalized spacial score (nSPS) is 12.8. The number of aromatic amines is 1. The number of hydrogen-bond donors (Lipinski definition) is 2. The van der Waals surface area contributed by atoms with Gasteiger partial charge in [-0.2, -0.15) is 0 Å². The molecule has 3 heteroatoms. The summed E-state index contributed by atoms with van der Waals surface area (Å²) in [5, 5.41) is 10.00. The number of hydrogen-bond acceptors (Lipinski definition) is 1. The molecule has 90 valence electrons. The van der Waals surface area contributed by atoms with Crippen LogP contribution in [0.3, 0.4) is 0 Å². The van der Waals surface area contributed by atoms with Gasteiger partial charge in [0.15, 0.2) is 0 Å². The topological polar surface area (TPSA) is 53.1 Å². The van der Waals surface area contributed by atoms with E-state index in [0.717, 1.165) is 22.9 Å². The summed E-state index contributed by atoms with van der Waals surface area (Å²) in [6, 6.07) is 6.31. The number of nitrogens with one attached hydrogen (secondary N) is 1. The molecule has 0 radical (unpaired) electrons. The molecule has 1 aromatic heterocycles. The summed E-state index contributed by atoms with van der Waals surface area (Å²) in [7, 11) is 0. The Labute approximate surface area is 100 Å². The molecule has 0 amide bonds. The second-order valence-corrected chi connectivity index (χ2v) is 4.48. The highest BCUT2D eigenvalue weighted by atomic mass is 16.4. The number of carboxylic acids is 1. The first-order valence-electron chi connectivity index (χ1n) is 5.93. The minimum Gasteiger partial charge on any atom is -0.481 e. The van der Waals surface area contributed by atoms with E-state index in [1.54, 1.807) is 0 Å². The van der Waals surface area contributed by atoms with Crippen LogP contribution in [0.5, 0.6) is 0 Å². The Bertz CT molecular complexity index is 542. The SMILES string of the molecule is CCc1ccc2[nH]cc(C(C)CC(=O)O)c2c1. The van der Waals surface area contributed by atoms with Crippen molar-refractivity contribution in [1.82, 2.24) is 4.98 Å². The number of aromatic nitrogens is 1. The summed E-state index contributed by atoms with van der Waals surface area (Å²) >= 11 is 0. The van der Waals surface area contributed by atoms with Crippen LogP contribution in [-0.4, -0.2) is 16.1 Å². The molecule has 0 aliphatic rings. The Balaban J connectivity index is 2.43. The van der Waals surface area contributed by atoms with Crippen LogP contribution in [0.25, 0.3) is 10.9 Å². The fourth-order valence-corrected chi connectivity index (χ4v) is 2.19. The molecule has 2 rings (SSSR count). The third-order valence-corrected chi connectivity index (χ3v) is 3.20. The van der Waals surface area contributed by atoms with Gasteiger partial charge in [-0.1, -0.05) is 19.9 Å². The lowest BCUT2D eigenvalue weighted by Crippen LogP contribution is -2.02. The van der Waals surface area contributed by atoms with E-state index >= 15 is 0 Å². The highest BCUT2D eigenvalue weighted by Crippen LogP contribution is 2.28. The summed E-state index contributed by atoms with van der Waals surface area (Å²) in [5.74, 6) is -0.716. The van der Waals surface area contributed by atoms with Crippen LogP contribution in [0.2, 0.25) is 0 Å². The van der Waals surface area contributed by atoms with Gasteiger partial charge < -0.3 is 10.1 Å². The first-order valence-corrected chi connectivity index (χ1v) is 5.93. The van der Waals surface area contributed by atoms with Gasteiger partial charge in [0.05, 0.1) is 6.42 Å². The Morgan fingerprint density at radius 1 is 1.47 bits per heavy atom. The van der Waals surface area contributed by atoms with E-state index in [1.807, 2.05) is 13.1 Å². The molecule has 1 aromatic carbocycles. The van der Waals surface area contributed by atoms with Crippen molar-refractivity contribution in [3.05, 3.63) is 35.5 Å². The summed E-state index contributed by atoms with van der Waals surface area (Å²) < 4.78 is 0. The van der Waals surface area contributed by atoms with E-state index in [1.165, 1.54) is 5.56 Å². The van der Waals surface area contributed by atoms with E-state index in [0.29, 0.717) is 0 Å². The fourth-order valence-electron chi connectivity index (χ4n) is 2.19. The molecule has 0 bridgehead atoms. The van der Waals surface area contributed by atoms with Crippen LogP contribution in [0.1, 0.15) is 37.3 Å². The first kappa shape index (κ1) is 11.7. The predicted octanol–water partition coefficient (Wildman–Crippen LogP) is 3.31. The van der Waals surface area contributed by atoms with Crippen molar-refractivity contribution >= 4 is 16.9 Å². The lowest BCUT2D eigenvalue weighted by atomic mass is 9.96. The Kier molecular flexibility index (Phi) is 3.18. The van der Waals surface area contributed by atoms with Crippen LogP contribution in [0.4, 0.5) is 0 Å². The Morgan fingerprint density at radius 3 is 2.88 bits per heavy atom. The van der Waals surface area contributed by atoms with Gasteiger partial charge in [-0.25, -0.2) is 0 Å². The van der Waals surface area contributed by atoms with Gasteiger partial charge in [-0.05, 0) is 35.6 Å². The minimum absolute atomic E-state index is 0.0355. The van der Waals surface area contributed by atoms with Crippen molar-refractivity contribution < 1.29 is 9.90 Å². The zero-order chi connectivity index (χ0) is 12.4. The summed E-state index contributed by atoms with van der Waals surface area (Å²) in [5.41, 5.74) is 3.45. The van der Waals surface area contributed by atoms with Gasteiger partial charge in [0.1, 0.15) is 0 Å². The van der Waals surface area contributed by atoms with Gasteiger partial charge in [0.2, 0.25) is 0 Å². The van der Waals surface area contributed by atoms with Crippen molar-refractivity contribution in [2.24, 2.45) is 0 Å². The van der Waals surface area contributed by atoms with Crippen LogP contribution < -0.4 is 0 Å². The molecule has 2 aromatic rings. The van der Waals surface area contributed by atoms with Crippen molar-refractivity contribution in [1.29, 1.82) is 0 Å². The standard InChI is InChI=1S/C14H17NO2/c1-3-10-4-5-13-11(7-10)12(8-15-13)9(2)6-14(16)17/h4-5,7-9,15H,3,6H2,1-2H3,(H,16,17). The maximum absolute atomic E-state index is 10.8. The summed E-state index contributed by atoms with van der Waals surface area (Å²) in [6.45, 7) is 4.07. The van der Waals surface area contributed by atoms with Crippen LogP contribution >= 0.6 is 0 Å². The second kappa shape index (κ2) is 4.62. The van der Waals surface area contributed by atoms with Crippen molar-refractivity contribution in [3.63, 3.8) is 0 Å². The molecule has 0 saturated heterocycles. The zero-order valence-corrected chi connectivity index (χ0v) is 10.2. The smallest absolute Gasteiger partial charge is 0.303 e. The monoisotopic (exact) mass is 231 g/mol. The summed E-state index contributed by atoms with van der Waals surface area (Å²) in [6.07, 6.45) is 3.09. The Hall–Kier alpha value is -1.77. The highest BCUT2D eigenvalue weighted by Gasteiger charge is 2.14. The van der Waals surface area contributed by atoms with Crippen LogP contribution in [0, 0.1) is 0 Å². The molecule has 1 atom stereocenters. The first-order chi connectivity index (χ1) is 8.11. The highest BCUT2D eigenvalue weighted by molar-refractivity contribution is 5.85. The van der Waals surface area contributed by atoms with Gasteiger partial charge in [-0.15, -0.1) is 0 Å². The number of H-pyrrole nitrogens is 1. The average Bonchev–Trinajstić information content (AvgIpc) is 2.70. The van der Waals surface area contributed by atoms with Crippen LogP contribution in [-0.2, 0) is 11.2 Å². The zero-order valence-electron chi connectivity index (χ0n) is 10.2. The van der Waals surface area contributed by atoms with E-state index in [2.05, 4.69) is 30.1 Å². The molecule has 0 fully saturated rings. The number of rotatable bonds is 4.